The van der Waals surface area contributed by atoms with Crippen LogP contribution in [0.15, 0.2) is 42.9 Å². The van der Waals surface area contributed by atoms with Crippen LogP contribution in [-0.2, 0) is 16.1 Å². The Morgan fingerprint density at radius 2 is 1.76 bits per heavy atom. The molecule has 0 radical (unpaired) electrons. The molecule has 2 aromatic rings. The Balaban J connectivity index is 1.71. The maximum atomic E-state index is 12.0. The molecule has 0 fully saturated rings. The van der Waals surface area contributed by atoms with Crippen LogP contribution in [0.1, 0.15) is 43.2 Å². The quantitative estimate of drug-likeness (QED) is 0.656. The number of rotatable bonds is 7. The number of hydrogen-bond donors (Lipinski definition) is 3. The molecule has 0 atom stereocenters. The number of amides is 3. The van der Waals surface area contributed by atoms with Gasteiger partial charge in [-0.1, -0.05) is 12.1 Å². The van der Waals surface area contributed by atoms with Gasteiger partial charge >= 0.3 is 6.09 Å². The maximum Gasteiger partial charge on any atom is 0.407 e. The first-order chi connectivity index (χ1) is 13.7. The molecule has 0 saturated heterocycles. The Morgan fingerprint density at radius 3 is 2.38 bits per heavy atom. The number of carbonyl (C=O) groups is 3. The lowest BCUT2D eigenvalue weighted by Gasteiger charge is -2.19. The Labute approximate surface area is 169 Å². The monoisotopic (exact) mass is 399 g/mol. The Hall–Kier alpha value is -3.49. The molecule has 0 aliphatic carbocycles. The topological polar surface area (TPSA) is 122 Å². The van der Waals surface area contributed by atoms with Gasteiger partial charge in [-0.05, 0) is 38.5 Å². The lowest BCUT2D eigenvalue weighted by molar-refractivity contribution is -0.121. The zero-order valence-corrected chi connectivity index (χ0v) is 16.7. The molecule has 3 N–H and O–H groups in total. The van der Waals surface area contributed by atoms with Gasteiger partial charge in [-0.15, -0.1) is 0 Å². The molecular weight excluding hydrogens is 374 g/mol. The fourth-order valence-corrected chi connectivity index (χ4v) is 2.20. The van der Waals surface area contributed by atoms with Gasteiger partial charge < -0.3 is 20.7 Å². The molecule has 0 aliphatic heterocycles. The van der Waals surface area contributed by atoms with E-state index < -0.39 is 11.7 Å². The first kappa shape index (κ1) is 21.8. The summed E-state index contributed by atoms with van der Waals surface area (Å²) in [6.45, 7) is 5.83. The molecule has 1 heterocycles. The van der Waals surface area contributed by atoms with Crippen molar-refractivity contribution in [1.82, 2.24) is 20.6 Å². The van der Waals surface area contributed by atoms with Gasteiger partial charge in [-0.2, -0.15) is 0 Å². The summed E-state index contributed by atoms with van der Waals surface area (Å²) in [7, 11) is 0. The van der Waals surface area contributed by atoms with E-state index >= 15 is 0 Å². The summed E-state index contributed by atoms with van der Waals surface area (Å²) < 4.78 is 5.10. The SMILES string of the molecule is CC(C)(C)OC(=O)NCCC(=O)NCc1ccc(NC(=O)c2cnccn2)cc1. The molecule has 0 saturated carbocycles. The van der Waals surface area contributed by atoms with Crippen LogP contribution in [0.3, 0.4) is 0 Å². The molecule has 154 valence electrons. The van der Waals surface area contributed by atoms with Crippen LogP contribution in [0.25, 0.3) is 0 Å². The Morgan fingerprint density at radius 1 is 1.03 bits per heavy atom. The van der Waals surface area contributed by atoms with Gasteiger partial charge in [0, 0.05) is 37.6 Å². The van der Waals surface area contributed by atoms with E-state index in [1.54, 1.807) is 45.0 Å². The molecule has 9 heteroatoms. The average molecular weight is 399 g/mol. The van der Waals surface area contributed by atoms with Gasteiger partial charge in [0.05, 0.1) is 6.20 Å². The lowest BCUT2D eigenvalue weighted by Crippen LogP contribution is -2.35. The van der Waals surface area contributed by atoms with Crippen LogP contribution < -0.4 is 16.0 Å². The Kier molecular flexibility index (Phi) is 7.64. The van der Waals surface area contributed by atoms with Gasteiger partial charge in [-0.25, -0.2) is 9.78 Å². The van der Waals surface area contributed by atoms with Crippen LogP contribution in [0, 0.1) is 0 Å². The number of aromatic nitrogens is 2. The van der Waals surface area contributed by atoms with Crippen molar-refractivity contribution in [2.75, 3.05) is 11.9 Å². The standard InChI is InChI=1S/C20H25N5O4/c1-20(2,3)29-19(28)23-9-8-17(26)24-12-14-4-6-15(7-5-14)25-18(27)16-13-21-10-11-22-16/h4-7,10-11,13H,8-9,12H2,1-3H3,(H,23,28)(H,24,26)(H,25,27). The average Bonchev–Trinajstić information content (AvgIpc) is 2.66. The van der Waals surface area contributed by atoms with E-state index in [0.717, 1.165) is 5.56 Å². The van der Waals surface area contributed by atoms with Gasteiger partial charge in [-0.3, -0.25) is 14.6 Å². The second kappa shape index (κ2) is 10.2. The summed E-state index contributed by atoms with van der Waals surface area (Å²) in [5.74, 6) is -0.544. The lowest BCUT2D eigenvalue weighted by atomic mass is 10.2. The molecule has 0 aliphatic rings. The van der Waals surface area contributed by atoms with Crippen molar-refractivity contribution < 1.29 is 19.1 Å². The van der Waals surface area contributed by atoms with E-state index in [9.17, 15) is 14.4 Å². The summed E-state index contributed by atoms with van der Waals surface area (Å²) in [4.78, 5) is 43.2. The summed E-state index contributed by atoms with van der Waals surface area (Å²) in [5, 5.41) is 8.03. The smallest absolute Gasteiger partial charge is 0.407 e. The molecule has 2 rings (SSSR count). The van der Waals surface area contributed by atoms with Crippen molar-refractivity contribution in [3.05, 3.63) is 54.1 Å². The fraction of sp³-hybridized carbons (Fsp3) is 0.350. The number of carbonyl (C=O) groups excluding carboxylic acids is 3. The minimum absolute atomic E-state index is 0.144. The van der Waals surface area contributed by atoms with Crippen LogP contribution in [-0.4, -0.2) is 40.0 Å². The molecule has 9 nitrogen and oxygen atoms in total. The second-order valence-corrected chi connectivity index (χ2v) is 7.20. The number of hydrogen-bond acceptors (Lipinski definition) is 6. The summed E-state index contributed by atoms with van der Waals surface area (Å²) >= 11 is 0. The summed E-state index contributed by atoms with van der Waals surface area (Å²) in [6, 6.07) is 7.07. The van der Waals surface area contributed by atoms with Crippen LogP contribution in [0.4, 0.5) is 10.5 Å². The molecule has 0 spiro atoms. The highest BCUT2D eigenvalue weighted by Gasteiger charge is 2.15. The van der Waals surface area contributed by atoms with E-state index in [1.165, 1.54) is 18.6 Å². The number of nitrogens with one attached hydrogen (secondary N) is 3. The predicted octanol–water partition coefficient (Wildman–Crippen LogP) is 2.26. The van der Waals surface area contributed by atoms with E-state index in [0.29, 0.717) is 12.2 Å². The largest absolute Gasteiger partial charge is 0.444 e. The second-order valence-electron chi connectivity index (χ2n) is 7.20. The van der Waals surface area contributed by atoms with Crippen molar-refractivity contribution in [1.29, 1.82) is 0 Å². The fourth-order valence-electron chi connectivity index (χ4n) is 2.20. The third kappa shape index (κ3) is 8.37. The van der Waals surface area contributed by atoms with Crippen molar-refractivity contribution in [2.24, 2.45) is 0 Å². The zero-order valence-electron chi connectivity index (χ0n) is 16.7. The number of benzene rings is 1. The van der Waals surface area contributed by atoms with E-state index in [2.05, 4.69) is 25.9 Å². The zero-order chi connectivity index (χ0) is 21.3. The van der Waals surface area contributed by atoms with Crippen LogP contribution in [0.5, 0.6) is 0 Å². The normalized spacial score (nSPS) is 10.7. The van der Waals surface area contributed by atoms with E-state index in [4.69, 9.17) is 4.74 Å². The predicted molar refractivity (Wildman–Crippen MR) is 107 cm³/mol. The first-order valence-corrected chi connectivity index (χ1v) is 9.13. The van der Waals surface area contributed by atoms with Crippen molar-refractivity contribution in [3.63, 3.8) is 0 Å². The highest BCUT2D eigenvalue weighted by molar-refractivity contribution is 6.02. The molecule has 29 heavy (non-hydrogen) atoms. The van der Waals surface area contributed by atoms with Gasteiger partial charge in [0.25, 0.3) is 5.91 Å². The van der Waals surface area contributed by atoms with Crippen molar-refractivity contribution in [2.45, 2.75) is 39.3 Å². The highest BCUT2D eigenvalue weighted by Crippen LogP contribution is 2.11. The third-order valence-corrected chi connectivity index (χ3v) is 3.52. The highest BCUT2D eigenvalue weighted by atomic mass is 16.6. The molecule has 1 aromatic heterocycles. The van der Waals surface area contributed by atoms with Crippen LogP contribution in [0.2, 0.25) is 0 Å². The maximum absolute atomic E-state index is 12.0. The molecular formula is C20H25N5O4. The van der Waals surface area contributed by atoms with Gasteiger partial charge in [0.2, 0.25) is 5.91 Å². The van der Waals surface area contributed by atoms with Gasteiger partial charge in [0.15, 0.2) is 0 Å². The third-order valence-electron chi connectivity index (χ3n) is 3.52. The number of alkyl carbamates (subject to hydrolysis) is 1. The summed E-state index contributed by atoms with van der Waals surface area (Å²) in [6.07, 6.45) is 3.92. The van der Waals surface area contributed by atoms with E-state index in [1.807, 2.05) is 0 Å². The van der Waals surface area contributed by atoms with Crippen molar-refractivity contribution >= 4 is 23.6 Å². The molecule has 3 amide bonds. The minimum atomic E-state index is -0.577. The van der Waals surface area contributed by atoms with Crippen LogP contribution >= 0.6 is 0 Å². The molecule has 1 aromatic carbocycles. The van der Waals surface area contributed by atoms with E-state index in [-0.39, 0.29) is 30.5 Å². The number of anilines is 1. The Bertz CT molecular complexity index is 832. The minimum Gasteiger partial charge on any atom is -0.444 e. The number of nitrogens with zero attached hydrogens (tertiary/aromatic N) is 2. The molecule has 0 bridgehead atoms. The summed E-state index contributed by atoms with van der Waals surface area (Å²) in [5.41, 5.74) is 1.13. The number of ether oxygens (including phenoxy) is 1. The van der Waals surface area contributed by atoms with Crippen molar-refractivity contribution in [3.8, 4) is 0 Å². The van der Waals surface area contributed by atoms with Gasteiger partial charge in [0.1, 0.15) is 11.3 Å². The first-order valence-electron chi connectivity index (χ1n) is 9.13. The molecule has 0 unspecified atom stereocenters.